The van der Waals surface area contributed by atoms with E-state index in [0.29, 0.717) is 64.8 Å². The lowest BCUT2D eigenvalue weighted by atomic mass is 9.93. The second kappa shape index (κ2) is 15.5. The normalized spacial score (nSPS) is 13.9. The van der Waals surface area contributed by atoms with Crippen LogP contribution in [0, 0.1) is 11.3 Å². The zero-order chi connectivity index (χ0) is 36.1. The number of halogens is 1. The van der Waals surface area contributed by atoms with Gasteiger partial charge >= 0.3 is 5.97 Å². The highest BCUT2D eigenvalue weighted by atomic mass is 79.9. The van der Waals surface area contributed by atoms with E-state index >= 15 is 0 Å². The molecule has 0 unspecified atom stereocenters. The molecular weight excluding hydrogens is 734 g/mol. The number of esters is 1. The van der Waals surface area contributed by atoms with E-state index in [9.17, 15) is 9.59 Å². The van der Waals surface area contributed by atoms with Crippen LogP contribution in [-0.4, -0.2) is 38.5 Å². The smallest absolute Gasteiger partial charge is 0.338 e. The number of thiazole rings is 1. The highest BCUT2D eigenvalue weighted by Gasteiger charge is 2.35. The fraction of sp³-hybridized carbons (Fsp3) is 0.179. The summed E-state index contributed by atoms with van der Waals surface area (Å²) in [4.78, 5) is 33.6. The Morgan fingerprint density at radius 3 is 2.35 bits per heavy atom. The van der Waals surface area contributed by atoms with E-state index < -0.39 is 12.0 Å². The number of hydrogen-bond donors (Lipinski definition) is 0. The zero-order valence-corrected chi connectivity index (χ0v) is 30.5. The molecule has 51 heavy (non-hydrogen) atoms. The fourth-order valence-corrected chi connectivity index (χ4v) is 7.30. The third-order valence-electron chi connectivity index (χ3n) is 8.11. The molecule has 0 radical (unpaired) electrons. The summed E-state index contributed by atoms with van der Waals surface area (Å²) < 4.78 is 31.0. The lowest BCUT2D eigenvalue weighted by Crippen LogP contribution is -2.40. The minimum atomic E-state index is -0.892. The molecule has 12 heteroatoms. The molecular formula is C39H32BrN3O7S. The van der Waals surface area contributed by atoms with E-state index in [1.807, 2.05) is 48.5 Å². The Morgan fingerprint density at radius 1 is 0.961 bits per heavy atom. The van der Waals surface area contributed by atoms with E-state index in [1.165, 1.54) is 23.0 Å². The van der Waals surface area contributed by atoms with Crippen molar-refractivity contribution in [2.24, 2.45) is 4.99 Å². The van der Waals surface area contributed by atoms with Gasteiger partial charge in [0, 0.05) is 5.56 Å². The van der Waals surface area contributed by atoms with Gasteiger partial charge in [0.15, 0.2) is 27.8 Å². The summed E-state index contributed by atoms with van der Waals surface area (Å²) in [7, 11) is 4.61. The largest absolute Gasteiger partial charge is 0.493 e. The Kier molecular flexibility index (Phi) is 10.7. The van der Waals surface area contributed by atoms with Gasteiger partial charge in [-0.15, -0.1) is 0 Å². The van der Waals surface area contributed by atoms with E-state index in [2.05, 4.69) is 22.0 Å². The standard InChI is InChI=1S/C39H32BrN3O7S/c1-5-49-38(45)33-34(26-9-7-6-8-10-26)42-39-43(35(33)27-15-16-29(46-2)30(20-27)47-3)37(44)32(51-39)19-25-17-28(40)36(31(18-25)48-4)50-22-24-13-11-23(21-41)12-14-24/h6-20,35H,5,22H2,1-4H3/b32-19-/t35-/m1/s1. The molecule has 0 saturated heterocycles. The number of methoxy groups -OCH3 is 3. The predicted octanol–water partition coefficient (Wildman–Crippen LogP) is 6.17. The first-order valence-corrected chi connectivity index (χ1v) is 17.4. The van der Waals surface area contributed by atoms with Crippen LogP contribution in [0.5, 0.6) is 23.0 Å². The summed E-state index contributed by atoms with van der Waals surface area (Å²) in [6, 6.07) is 26.6. The molecule has 10 nitrogen and oxygen atoms in total. The molecule has 0 fully saturated rings. The number of rotatable bonds is 11. The van der Waals surface area contributed by atoms with Crippen molar-refractivity contribution in [3.63, 3.8) is 0 Å². The summed E-state index contributed by atoms with van der Waals surface area (Å²) >= 11 is 4.82. The minimum absolute atomic E-state index is 0.136. The van der Waals surface area contributed by atoms with Gasteiger partial charge < -0.3 is 23.7 Å². The van der Waals surface area contributed by atoms with Gasteiger partial charge in [-0.3, -0.25) is 9.36 Å². The third kappa shape index (κ3) is 7.17. The average Bonchev–Trinajstić information content (AvgIpc) is 3.47. The molecule has 1 atom stereocenters. The molecule has 2 heterocycles. The molecule has 6 rings (SSSR count). The summed E-state index contributed by atoms with van der Waals surface area (Å²) in [6.45, 7) is 2.12. The van der Waals surface area contributed by atoms with Gasteiger partial charge in [0.1, 0.15) is 6.61 Å². The topological polar surface area (TPSA) is 121 Å². The number of nitrogens with zero attached hydrogens (tertiary/aromatic N) is 3. The zero-order valence-electron chi connectivity index (χ0n) is 28.1. The highest BCUT2D eigenvalue weighted by Crippen LogP contribution is 2.39. The lowest BCUT2D eigenvalue weighted by molar-refractivity contribution is -0.138. The van der Waals surface area contributed by atoms with Crippen LogP contribution in [0.25, 0.3) is 11.8 Å². The van der Waals surface area contributed by atoms with E-state index in [1.54, 1.807) is 63.6 Å². The van der Waals surface area contributed by atoms with Gasteiger partial charge in [-0.05, 0) is 82.0 Å². The van der Waals surface area contributed by atoms with Crippen LogP contribution in [0.1, 0.15) is 40.8 Å². The maximum atomic E-state index is 14.4. The average molecular weight is 767 g/mol. The lowest BCUT2D eigenvalue weighted by Gasteiger charge is -2.26. The Hall–Kier alpha value is -5.64. The molecule has 0 bridgehead atoms. The minimum Gasteiger partial charge on any atom is -0.493 e. The van der Waals surface area contributed by atoms with Crippen molar-refractivity contribution in [2.75, 3.05) is 27.9 Å². The van der Waals surface area contributed by atoms with Crippen molar-refractivity contribution < 1.29 is 28.5 Å². The van der Waals surface area contributed by atoms with E-state index in [-0.39, 0.29) is 24.3 Å². The number of nitriles is 1. The van der Waals surface area contributed by atoms with Crippen LogP contribution in [0.4, 0.5) is 0 Å². The Bertz CT molecular complexity index is 2360. The number of ether oxygens (including phenoxy) is 5. The van der Waals surface area contributed by atoms with Crippen LogP contribution in [-0.2, 0) is 16.1 Å². The molecule has 1 aromatic heterocycles. The molecule has 0 amide bonds. The molecule has 1 aliphatic rings. The molecule has 0 spiro atoms. The van der Waals surface area contributed by atoms with Crippen LogP contribution < -0.4 is 33.8 Å². The summed E-state index contributed by atoms with van der Waals surface area (Å²) in [6.07, 6.45) is 1.75. The number of aromatic nitrogens is 1. The second-order valence-corrected chi connectivity index (χ2v) is 13.0. The number of hydrogen-bond acceptors (Lipinski definition) is 10. The molecule has 1 aliphatic heterocycles. The highest BCUT2D eigenvalue weighted by molar-refractivity contribution is 9.10. The monoisotopic (exact) mass is 765 g/mol. The maximum Gasteiger partial charge on any atom is 0.338 e. The van der Waals surface area contributed by atoms with Gasteiger partial charge in [0.05, 0.1) is 65.9 Å². The van der Waals surface area contributed by atoms with Crippen LogP contribution in [0.15, 0.2) is 105 Å². The molecule has 5 aromatic rings. The first-order valence-electron chi connectivity index (χ1n) is 15.8. The van der Waals surface area contributed by atoms with Crippen molar-refractivity contribution in [3.05, 3.63) is 142 Å². The maximum absolute atomic E-state index is 14.4. The molecule has 258 valence electrons. The van der Waals surface area contributed by atoms with E-state index in [0.717, 1.165) is 5.56 Å². The van der Waals surface area contributed by atoms with Gasteiger partial charge in [-0.2, -0.15) is 5.26 Å². The quantitative estimate of drug-likeness (QED) is 0.146. The first-order chi connectivity index (χ1) is 24.8. The molecule has 0 saturated carbocycles. The van der Waals surface area contributed by atoms with Crippen molar-refractivity contribution in [3.8, 4) is 29.1 Å². The van der Waals surface area contributed by atoms with Crippen molar-refractivity contribution in [1.29, 1.82) is 5.26 Å². The Labute approximate surface area is 306 Å². The second-order valence-electron chi connectivity index (χ2n) is 11.2. The molecule has 0 N–H and O–H groups in total. The summed E-state index contributed by atoms with van der Waals surface area (Å²) in [5.74, 6) is 1.30. The Morgan fingerprint density at radius 2 is 1.69 bits per heavy atom. The van der Waals surface area contributed by atoms with Crippen molar-refractivity contribution in [2.45, 2.75) is 19.6 Å². The first kappa shape index (κ1) is 35.2. The molecule has 4 aromatic carbocycles. The van der Waals surface area contributed by atoms with Crippen molar-refractivity contribution >= 4 is 45.0 Å². The SMILES string of the molecule is CCOC(=O)C1=C(c2ccccc2)N=c2s/c(=C\c3cc(Br)c(OCc4ccc(C#N)cc4)c(OC)c3)c(=O)n2[C@@H]1c1ccc(OC)c(OC)c1. The summed E-state index contributed by atoms with van der Waals surface area (Å²) in [5.41, 5.74) is 3.73. The number of benzene rings is 4. The number of fused-ring (bicyclic) bond motifs is 1. The van der Waals surface area contributed by atoms with Gasteiger partial charge in [0.2, 0.25) is 0 Å². The van der Waals surface area contributed by atoms with Crippen LogP contribution >= 0.6 is 27.3 Å². The molecule has 0 aliphatic carbocycles. The van der Waals surface area contributed by atoms with E-state index in [4.69, 9.17) is 33.9 Å². The van der Waals surface area contributed by atoms with Gasteiger partial charge in [-0.1, -0.05) is 59.9 Å². The fourth-order valence-electron chi connectivity index (χ4n) is 5.72. The third-order valence-corrected chi connectivity index (χ3v) is 9.68. The van der Waals surface area contributed by atoms with Gasteiger partial charge in [-0.25, -0.2) is 9.79 Å². The number of carbonyl (C=O) groups excluding carboxylic acids is 1. The summed E-state index contributed by atoms with van der Waals surface area (Å²) in [5, 5.41) is 9.09. The number of carbonyl (C=O) groups is 1. The van der Waals surface area contributed by atoms with Gasteiger partial charge in [0.25, 0.3) is 5.56 Å². The predicted molar refractivity (Wildman–Crippen MR) is 197 cm³/mol. The van der Waals surface area contributed by atoms with Crippen LogP contribution in [0.3, 0.4) is 0 Å². The van der Waals surface area contributed by atoms with Crippen LogP contribution in [0.2, 0.25) is 0 Å². The Balaban J connectivity index is 1.50. The van der Waals surface area contributed by atoms with Crippen molar-refractivity contribution in [1.82, 2.24) is 4.57 Å².